The smallest absolute Gasteiger partial charge is 0.254 e. The van der Waals surface area contributed by atoms with Crippen molar-refractivity contribution in [1.29, 1.82) is 0 Å². The van der Waals surface area contributed by atoms with Crippen molar-refractivity contribution in [3.8, 4) is 0 Å². The fraction of sp³-hybridized carbons (Fsp3) is 0.350. The summed E-state index contributed by atoms with van der Waals surface area (Å²) >= 11 is 0. The van der Waals surface area contributed by atoms with Crippen molar-refractivity contribution in [2.75, 3.05) is 23.7 Å². The number of piperidine rings is 1. The SMILES string of the molecule is CC(=O)Nc1ccc(Nc2cc(C(=O)N3CCCC(C)C3)ccn2)cc1. The molecule has 1 fully saturated rings. The molecule has 6 nitrogen and oxygen atoms in total. The standard InChI is InChI=1S/C20H24N4O2/c1-14-4-3-11-24(13-14)20(26)16-9-10-21-19(12-16)23-18-7-5-17(6-8-18)22-15(2)25/h5-10,12,14H,3-4,11,13H2,1-2H3,(H,21,23)(H,22,25). The van der Waals surface area contributed by atoms with Gasteiger partial charge >= 0.3 is 0 Å². The van der Waals surface area contributed by atoms with Crippen molar-refractivity contribution in [2.45, 2.75) is 26.7 Å². The third kappa shape index (κ3) is 4.59. The first-order chi connectivity index (χ1) is 12.5. The average Bonchev–Trinajstić information content (AvgIpc) is 2.62. The Morgan fingerprint density at radius 3 is 2.58 bits per heavy atom. The van der Waals surface area contributed by atoms with Crippen LogP contribution in [0.2, 0.25) is 0 Å². The van der Waals surface area contributed by atoms with Crippen LogP contribution in [0.4, 0.5) is 17.2 Å². The number of likely N-dealkylation sites (tertiary alicyclic amines) is 1. The number of benzene rings is 1. The molecule has 1 aromatic heterocycles. The van der Waals surface area contributed by atoms with Crippen molar-refractivity contribution in [3.05, 3.63) is 48.2 Å². The van der Waals surface area contributed by atoms with E-state index < -0.39 is 0 Å². The summed E-state index contributed by atoms with van der Waals surface area (Å²) in [5.74, 6) is 1.12. The molecular weight excluding hydrogens is 328 g/mol. The van der Waals surface area contributed by atoms with Crippen LogP contribution in [-0.2, 0) is 4.79 Å². The number of nitrogens with one attached hydrogen (secondary N) is 2. The second-order valence-corrected chi connectivity index (χ2v) is 6.81. The number of hydrogen-bond donors (Lipinski definition) is 2. The maximum atomic E-state index is 12.7. The molecule has 2 amide bonds. The molecule has 3 rings (SSSR count). The molecule has 0 bridgehead atoms. The molecule has 0 spiro atoms. The Labute approximate surface area is 153 Å². The normalized spacial score (nSPS) is 16.8. The van der Waals surface area contributed by atoms with Crippen LogP contribution in [0.25, 0.3) is 0 Å². The van der Waals surface area contributed by atoms with Gasteiger partial charge in [0.1, 0.15) is 5.82 Å². The minimum absolute atomic E-state index is 0.0583. The fourth-order valence-corrected chi connectivity index (χ4v) is 3.18. The molecule has 2 aromatic rings. The molecule has 1 saturated heterocycles. The summed E-state index contributed by atoms with van der Waals surface area (Å²) < 4.78 is 0. The molecular formula is C20H24N4O2. The van der Waals surface area contributed by atoms with E-state index in [-0.39, 0.29) is 11.8 Å². The molecule has 2 N–H and O–H groups in total. The zero-order chi connectivity index (χ0) is 18.5. The van der Waals surface area contributed by atoms with Gasteiger partial charge in [-0.3, -0.25) is 9.59 Å². The van der Waals surface area contributed by atoms with E-state index in [1.165, 1.54) is 13.3 Å². The van der Waals surface area contributed by atoms with Gasteiger partial charge in [-0.1, -0.05) is 6.92 Å². The van der Waals surface area contributed by atoms with Gasteiger partial charge in [0.25, 0.3) is 5.91 Å². The first-order valence-corrected chi connectivity index (χ1v) is 8.91. The molecule has 0 radical (unpaired) electrons. The number of carbonyl (C=O) groups is 2. The molecule has 1 unspecified atom stereocenters. The fourth-order valence-electron chi connectivity index (χ4n) is 3.18. The topological polar surface area (TPSA) is 74.3 Å². The van der Waals surface area contributed by atoms with Crippen molar-refractivity contribution in [3.63, 3.8) is 0 Å². The highest BCUT2D eigenvalue weighted by Crippen LogP contribution is 2.21. The second-order valence-electron chi connectivity index (χ2n) is 6.81. The van der Waals surface area contributed by atoms with Crippen LogP contribution in [0.3, 0.4) is 0 Å². The lowest BCUT2D eigenvalue weighted by molar-refractivity contribution is -0.114. The van der Waals surface area contributed by atoms with Gasteiger partial charge in [0.2, 0.25) is 5.91 Å². The van der Waals surface area contributed by atoms with E-state index in [0.717, 1.165) is 30.9 Å². The Kier molecular flexibility index (Phi) is 5.51. The van der Waals surface area contributed by atoms with Crippen LogP contribution in [0.1, 0.15) is 37.0 Å². The predicted octanol–water partition coefficient (Wildman–Crippen LogP) is 3.66. The second kappa shape index (κ2) is 7.99. The molecule has 1 aliphatic rings. The Hall–Kier alpha value is -2.89. The number of carbonyl (C=O) groups excluding carboxylic acids is 2. The van der Waals surface area contributed by atoms with Crippen molar-refractivity contribution >= 4 is 29.0 Å². The van der Waals surface area contributed by atoms with Gasteiger partial charge in [0.15, 0.2) is 0 Å². The van der Waals surface area contributed by atoms with E-state index in [2.05, 4.69) is 22.5 Å². The Balaban J connectivity index is 1.69. The first kappa shape index (κ1) is 17.9. The summed E-state index contributed by atoms with van der Waals surface area (Å²) in [4.78, 5) is 30.0. The number of anilines is 3. The van der Waals surface area contributed by atoms with E-state index in [9.17, 15) is 9.59 Å². The number of amides is 2. The van der Waals surface area contributed by atoms with E-state index in [0.29, 0.717) is 17.3 Å². The summed E-state index contributed by atoms with van der Waals surface area (Å²) in [7, 11) is 0. The molecule has 1 aromatic carbocycles. The molecule has 0 saturated carbocycles. The highest BCUT2D eigenvalue weighted by Gasteiger charge is 2.22. The molecule has 26 heavy (non-hydrogen) atoms. The minimum atomic E-state index is -0.106. The molecule has 2 heterocycles. The maximum Gasteiger partial charge on any atom is 0.254 e. The van der Waals surface area contributed by atoms with Crippen molar-refractivity contribution in [2.24, 2.45) is 5.92 Å². The van der Waals surface area contributed by atoms with Gasteiger partial charge in [-0.05, 0) is 55.2 Å². The van der Waals surface area contributed by atoms with Gasteiger partial charge in [-0.25, -0.2) is 4.98 Å². The lowest BCUT2D eigenvalue weighted by Gasteiger charge is -2.31. The highest BCUT2D eigenvalue weighted by atomic mass is 16.2. The van der Waals surface area contributed by atoms with E-state index >= 15 is 0 Å². The van der Waals surface area contributed by atoms with Crippen LogP contribution >= 0.6 is 0 Å². The summed E-state index contributed by atoms with van der Waals surface area (Å²) in [6, 6.07) is 10.9. The number of aromatic nitrogens is 1. The summed E-state index contributed by atoms with van der Waals surface area (Å²) in [5, 5.41) is 5.92. The van der Waals surface area contributed by atoms with Crippen LogP contribution in [0.15, 0.2) is 42.6 Å². The van der Waals surface area contributed by atoms with Gasteiger partial charge in [0.05, 0.1) is 0 Å². The number of rotatable bonds is 4. The van der Waals surface area contributed by atoms with Gasteiger partial charge in [-0.15, -0.1) is 0 Å². The third-order valence-electron chi connectivity index (χ3n) is 4.43. The zero-order valence-corrected chi connectivity index (χ0v) is 15.2. The summed E-state index contributed by atoms with van der Waals surface area (Å²) in [5.41, 5.74) is 2.22. The molecule has 0 aliphatic carbocycles. The number of hydrogen-bond acceptors (Lipinski definition) is 4. The predicted molar refractivity (Wildman–Crippen MR) is 103 cm³/mol. The van der Waals surface area contributed by atoms with Gasteiger partial charge < -0.3 is 15.5 Å². The van der Waals surface area contributed by atoms with Gasteiger partial charge in [0, 0.05) is 43.1 Å². The van der Waals surface area contributed by atoms with E-state index in [1.54, 1.807) is 18.3 Å². The molecule has 1 aliphatic heterocycles. The molecule has 136 valence electrons. The van der Waals surface area contributed by atoms with Crippen molar-refractivity contribution in [1.82, 2.24) is 9.88 Å². The Morgan fingerprint density at radius 1 is 1.15 bits per heavy atom. The van der Waals surface area contributed by atoms with Crippen LogP contribution in [0, 0.1) is 5.92 Å². The highest BCUT2D eigenvalue weighted by molar-refractivity contribution is 5.95. The average molecular weight is 352 g/mol. The minimum Gasteiger partial charge on any atom is -0.340 e. The lowest BCUT2D eigenvalue weighted by Crippen LogP contribution is -2.39. The number of pyridine rings is 1. The monoisotopic (exact) mass is 352 g/mol. The maximum absolute atomic E-state index is 12.7. The largest absolute Gasteiger partial charge is 0.340 e. The van der Waals surface area contributed by atoms with E-state index in [4.69, 9.17) is 0 Å². The van der Waals surface area contributed by atoms with Crippen LogP contribution < -0.4 is 10.6 Å². The third-order valence-corrected chi connectivity index (χ3v) is 4.43. The number of nitrogens with zero attached hydrogens (tertiary/aromatic N) is 2. The summed E-state index contributed by atoms with van der Waals surface area (Å²) in [6.07, 6.45) is 3.89. The van der Waals surface area contributed by atoms with Crippen LogP contribution in [0.5, 0.6) is 0 Å². The molecule has 1 atom stereocenters. The van der Waals surface area contributed by atoms with E-state index in [1.807, 2.05) is 29.2 Å². The quantitative estimate of drug-likeness (QED) is 0.881. The van der Waals surface area contributed by atoms with Gasteiger partial charge in [-0.2, -0.15) is 0 Å². The lowest BCUT2D eigenvalue weighted by atomic mass is 9.99. The molecule has 6 heteroatoms. The van der Waals surface area contributed by atoms with Crippen LogP contribution in [-0.4, -0.2) is 34.8 Å². The summed E-state index contributed by atoms with van der Waals surface area (Å²) in [6.45, 7) is 5.29. The zero-order valence-electron chi connectivity index (χ0n) is 15.2. The van der Waals surface area contributed by atoms with Crippen molar-refractivity contribution < 1.29 is 9.59 Å². The first-order valence-electron chi connectivity index (χ1n) is 8.91. The Bertz CT molecular complexity index is 789. The Morgan fingerprint density at radius 2 is 1.88 bits per heavy atom.